The van der Waals surface area contributed by atoms with E-state index >= 15 is 0 Å². The molecule has 2 amide bonds. The van der Waals surface area contributed by atoms with Gasteiger partial charge in [0.25, 0.3) is 0 Å². The number of carbonyl (C=O) groups excluding carboxylic acids is 1. The fourth-order valence-corrected chi connectivity index (χ4v) is 2.71. The number of carbonyl (C=O) groups is 1. The molecule has 0 aliphatic rings. The number of aryl methyl sites for hydroxylation is 3. The summed E-state index contributed by atoms with van der Waals surface area (Å²) in [6, 6.07) is 7.77. The molecular formula is C17H24N4O. The van der Waals surface area contributed by atoms with E-state index in [-0.39, 0.29) is 18.1 Å². The Bertz CT molecular complexity index is 662. The average molecular weight is 300 g/mol. The van der Waals surface area contributed by atoms with E-state index in [4.69, 9.17) is 0 Å². The van der Waals surface area contributed by atoms with Crippen LogP contribution in [0.5, 0.6) is 0 Å². The van der Waals surface area contributed by atoms with Gasteiger partial charge in [-0.25, -0.2) is 4.79 Å². The molecule has 0 radical (unpaired) electrons. The lowest BCUT2D eigenvalue weighted by Gasteiger charge is -2.19. The van der Waals surface area contributed by atoms with Gasteiger partial charge in [0.2, 0.25) is 0 Å². The molecule has 0 aliphatic heterocycles. The van der Waals surface area contributed by atoms with E-state index in [2.05, 4.69) is 15.7 Å². The van der Waals surface area contributed by atoms with Gasteiger partial charge in [0.1, 0.15) is 0 Å². The molecule has 2 aromatic rings. The second kappa shape index (κ2) is 6.64. The lowest BCUT2D eigenvalue weighted by molar-refractivity contribution is 0.235. The molecule has 2 atom stereocenters. The van der Waals surface area contributed by atoms with E-state index < -0.39 is 0 Å². The van der Waals surface area contributed by atoms with Crippen LogP contribution < -0.4 is 10.6 Å². The van der Waals surface area contributed by atoms with Crippen LogP contribution in [-0.4, -0.2) is 15.8 Å². The third kappa shape index (κ3) is 3.67. The Hall–Kier alpha value is -2.30. The van der Waals surface area contributed by atoms with Gasteiger partial charge in [-0.3, -0.25) is 4.68 Å². The molecule has 22 heavy (non-hydrogen) atoms. The molecule has 0 saturated carbocycles. The van der Waals surface area contributed by atoms with Gasteiger partial charge < -0.3 is 10.6 Å². The highest BCUT2D eigenvalue weighted by atomic mass is 16.2. The van der Waals surface area contributed by atoms with Crippen LogP contribution in [0.3, 0.4) is 0 Å². The van der Waals surface area contributed by atoms with Crippen LogP contribution in [-0.2, 0) is 7.05 Å². The number of aromatic nitrogens is 2. The standard InChI is InChI=1S/C17H24N4O/c1-11-8-6-7-9-15(11)12(2)18-17(22)19-13(3)16-10-21(5)20-14(16)4/h6-10,12-13H,1-5H3,(H2,18,19,22). The Morgan fingerprint density at radius 3 is 2.23 bits per heavy atom. The minimum Gasteiger partial charge on any atom is -0.332 e. The van der Waals surface area contributed by atoms with Gasteiger partial charge in [-0.15, -0.1) is 0 Å². The van der Waals surface area contributed by atoms with Crippen molar-refractivity contribution in [1.29, 1.82) is 0 Å². The summed E-state index contributed by atoms with van der Waals surface area (Å²) in [5, 5.41) is 10.3. The molecule has 118 valence electrons. The number of nitrogens with zero attached hydrogens (tertiary/aromatic N) is 2. The highest BCUT2D eigenvalue weighted by Gasteiger charge is 2.16. The third-order valence-corrected chi connectivity index (χ3v) is 3.87. The molecule has 5 heteroatoms. The van der Waals surface area contributed by atoms with Crippen molar-refractivity contribution in [2.75, 3.05) is 0 Å². The lowest BCUT2D eigenvalue weighted by atomic mass is 10.0. The van der Waals surface area contributed by atoms with E-state index in [1.807, 2.05) is 65.2 Å². The van der Waals surface area contributed by atoms with Gasteiger partial charge in [-0.2, -0.15) is 5.10 Å². The number of hydrogen-bond donors (Lipinski definition) is 2. The van der Waals surface area contributed by atoms with E-state index in [1.54, 1.807) is 4.68 Å². The van der Waals surface area contributed by atoms with Crippen molar-refractivity contribution in [2.45, 2.75) is 39.8 Å². The average Bonchev–Trinajstić information content (AvgIpc) is 2.78. The Morgan fingerprint density at radius 2 is 1.68 bits per heavy atom. The first-order valence-corrected chi connectivity index (χ1v) is 7.51. The van der Waals surface area contributed by atoms with Crippen molar-refractivity contribution in [3.05, 3.63) is 52.8 Å². The molecule has 5 nitrogen and oxygen atoms in total. The lowest BCUT2D eigenvalue weighted by Crippen LogP contribution is -2.38. The molecule has 0 saturated heterocycles. The summed E-state index contributed by atoms with van der Waals surface area (Å²) in [4.78, 5) is 12.2. The summed E-state index contributed by atoms with van der Waals surface area (Å²) in [6.45, 7) is 7.94. The van der Waals surface area contributed by atoms with Crippen molar-refractivity contribution in [3.63, 3.8) is 0 Å². The predicted octanol–water partition coefficient (Wildman–Crippen LogP) is 3.16. The van der Waals surface area contributed by atoms with Crippen LogP contribution in [0.25, 0.3) is 0 Å². The van der Waals surface area contributed by atoms with Crippen LogP contribution >= 0.6 is 0 Å². The van der Waals surface area contributed by atoms with Gasteiger partial charge in [0.05, 0.1) is 17.8 Å². The molecule has 1 aromatic carbocycles. The minimum absolute atomic E-state index is 0.0385. The molecule has 2 rings (SSSR count). The highest BCUT2D eigenvalue weighted by Crippen LogP contribution is 2.18. The van der Waals surface area contributed by atoms with Crippen LogP contribution in [0.1, 0.15) is 48.3 Å². The minimum atomic E-state index is -0.175. The summed E-state index contributed by atoms with van der Waals surface area (Å²) in [6.07, 6.45) is 1.94. The zero-order chi connectivity index (χ0) is 16.3. The van der Waals surface area contributed by atoms with Gasteiger partial charge in [0, 0.05) is 18.8 Å². The first kappa shape index (κ1) is 16.1. The van der Waals surface area contributed by atoms with Crippen molar-refractivity contribution in [2.24, 2.45) is 7.05 Å². The van der Waals surface area contributed by atoms with Gasteiger partial charge >= 0.3 is 6.03 Å². The van der Waals surface area contributed by atoms with E-state index in [9.17, 15) is 4.79 Å². The predicted molar refractivity (Wildman–Crippen MR) is 87.6 cm³/mol. The highest BCUT2D eigenvalue weighted by molar-refractivity contribution is 5.75. The molecule has 2 unspecified atom stereocenters. The number of rotatable bonds is 4. The number of benzene rings is 1. The number of urea groups is 1. The first-order valence-electron chi connectivity index (χ1n) is 7.51. The van der Waals surface area contributed by atoms with Crippen molar-refractivity contribution in [3.8, 4) is 0 Å². The molecule has 2 N–H and O–H groups in total. The summed E-state index contributed by atoms with van der Waals surface area (Å²) < 4.78 is 1.76. The molecule has 0 spiro atoms. The molecule has 1 aromatic heterocycles. The van der Waals surface area contributed by atoms with Crippen molar-refractivity contribution in [1.82, 2.24) is 20.4 Å². The maximum absolute atomic E-state index is 12.2. The number of nitrogens with one attached hydrogen (secondary N) is 2. The fraction of sp³-hybridized carbons (Fsp3) is 0.412. The summed E-state index contributed by atoms with van der Waals surface area (Å²) in [5.74, 6) is 0. The van der Waals surface area contributed by atoms with Crippen molar-refractivity contribution < 1.29 is 4.79 Å². The zero-order valence-corrected chi connectivity index (χ0v) is 13.8. The second-order valence-corrected chi connectivity index (χ2v) is 5.76. The van der Waals surface area contributed by atoms with Crippen LogP contribution in [0.15, 0.2) is 30.5 Å². The normalized spacial score (nSPS) is 13.5. The monoisotopic (exact) mass is 300 g/mol. The van der Waals surface area contributed by atoms with Crippen LogP contribution in [0.4, 0.5) is 4.79 Å². The fourth-order valence-electron chi connectivity index (χ4n) is 2.71. The smallest absolute Gasteiger partial charge is 0.315 e. The zero-order valence-electron chi connectivity index (χ0n) is 13.8. The Balaban J connectivity index is 1.98. The molecular weight excluding hydrogens is 276 g/mol. The van der Waals surface area contributed by atoms with Gasteiger partial charge in [-0.1, -0.05) is 24.3 Å². The SMILES string of the molecule is Cc1ccccc1C(C)NC(=O)NC(C)c1cn(C)nc1C. The summed E-state index contributed by atoms with van der Waals surface area (Å²) in [7, 11) is 1.88. The number of hydrogen-bond acceptors (Lipinski definition) is 2. The summed E-state index contributed by atoms with van der Waals surface area (Å²) >= 11 is 0. The van der Waals surface area contributed by atoms with Gasteiger partial charge in [0.15, 0.2) is 0 Å². The van der Waals surface area contributed by atoms with Gasteiger partial charge in [-0.05, 0) is 38.8 Å². The third-order valence-electron chi connectivity index (χ3n) is 3.87. The maximum Gasteiger partial charge on any atom is 0.315 e. The molecule has 0 fully saturated rings. The molecule has 1 heterocycles. The summed E-state index contributed by atoms with van der Waals surface area (Å²) in [5.41, 5.74) is 4.26. The van der Waals surface area contributed by atoms with Crippen molar-refractivity contribution >= 4 is 6.03 Å². The topological polar surface area (TPSA) is 59.0 Å². The quantitative estimate of drug-likeness (QED) is 0.911. The number of amides is 2. The van der Waals surface area contributed by atoms with E-state index in [1.165, 1.54) is 5.56 Å². The molecule has 0 bridgehead atoms. The Morgan fingerprint density at radius 1 is 1.09 bits per heavy atom. The molecule has 0 aliphatic carbocycles. The first-order chi connectivity index (χ1) is 10.4. The Kier molecular flexibility index (Phi) is 4.85. The van der Waals surface area contributed by atoms with Crippen LogP contribution in [0, 0.1) is 13.8 Å². The second-order valence-electron chi connectivity index (χ2n) is 5.76. The Labute approximate surface area is 131 Å². The largest absolute Gasteiger partial charge is 0.332 e. The maximum atomic E-state index is 12.2. The van der Waals surface area contributed by atoms with E-state index in [0.29, 0.717) is 0 Å². The van der Waals surface area contributed by atoms with E-state index in [0.717, 1.165) is 16.8 Å². The van der Waals surface area contributed by atoms with Crippen LogP contribution in [0.2, 0.25) is 0 Å².